The van der Waals surface area contributed by atoms with E-state index >= 15 is 0 Å². The van der Waals surface area contributed by atoms with Crippen LogP contribution in [0.5, 0.6) is 23.0 Å². The third-order valence-corrected chi connectivity index (χ3v) is 4.73. The maximum absolute atomic E-state index is 12.7. The summed E-state index contributed by atoms with van der Waals surface area (Å²) in [4.78, 5) is 21.6. The normalized spacial score (nSPS) is 10.6. The van der Waals surface area contributed by atoms with Crippen molar-refractivity contribution in [1.29, 1.82) is 0 Å². The summed E-state index contributed by atoms with van der Waals surface area (Å²) in [5, 5.41) is 3.90. The number of aromatic nitrogens is 2. The zero-order valence-corrected chi connectivity index (χ0v) is 19.1. The molecule has 170 valence electrons. The van der Waals surface area contributed by atoms with E-state index in [1.165, 1.54) is 27.5 Å². The SMILES string of the molecule is CCOC(=O)c1cnc2nc(C)c(OCC)cc2c1Nc1cc(OC)c(OC)c(OC)c1. The van der Waals surface area contributed by atoms with Crippen LogP contribution >= 0.6 is 0 Å². The van der Waals surface area contributed by atoms with Crippen LogP contribution in [-0.4, -0.2) is 50.5 Å². The molecule has 2 aromatic heterocycles. The summed E-state index contributed by atoms with van der Waals surface area (Å²) in [5.74, 6) is 1.50. The molecule has 0 radical (unpaired) electrons. The number of ether oxygens (including phenoxy) is 5. The molecule has 3 rings (SSSR count). The van der Waals surface area contributed by atoms with E-state index in [0.29, 0.717) is 57.7 Å². The molecule has 32 heavy (non-hydrogen) atoms. The van der Waals surface area contributed by atoms with Gasteiger partial charge in [0.1, 0.15) is 11.3 Å². The summed E-state index contributed by atoms with van der Waals surface area (Å²) in [5.41, 5.74) is 2.52. The third-order valence-electron chi connectivity index (χ3n) is 4.73. The van der Waals surface area contributed by atoms with E-state index < -0.39 is 5.97 Å². The highest BCUT2D eigenvalue weighted by atomic mass is 16.5. The smallest absolute Gasteiger partial charge is 0.341 e. The van der Waals surface area contributed by atoms with Gasteiger partial charge in [0.2, 0.25) is 5.75 Å². The predicted molar refractivity (Wildman–Crippen MR) is 121 cm³/mol. The Bertz CT molecular complexity index is 1110. The monoisotopic (exact) mass is 441 g/mol. The molecule has 0 saturated heterocycles. The number of nitrogens with one attached hydrogen (secondary N) is 1. The Labute approximate surface area is 186 Å². The minimum Gasteiger partial charge on any atom is -0.493 e. The number of esters is 1. The van der Waals surface area contributed by atoms with Crippen molar-refractivity contribution >= 4 is 28.4 Å². The van der Waals surface area contributed by atoms with Crippen LogP contribution in [0.4, 0.5) is 11.4 Å². The number of nitrogens with zero attached hydrogens (tertiary/aromatic N) is 2. The van der Waals surface area contributed by atoms with Crippen LogP contribution in [-0.2, 0) is 4.74 Å². The van der Waals surface area contributed by atoms with Gasteiger partial charge in [-0.05, 0) is 26.8 Å². The Morgan fingerprint density at radius 1 is 0.969 bits per heavy atom. The molecule has 9 heteroatoms. The first-order valence-corrected chi connectivity index (χ1v) is 10.1. The molecule has 1 N–H and O–H groups in total. The average molecular weight is 441 g/mol. The molecule has 0 bridgehead atoms. The van der Waals surface area contributed by atoms with Crippen molar-refractivity contribution in [2.24, 2.45) is 0 Å². The molecule has 0 amide bonds. The van der Waals surface area contributed by atoms with Gasteiger partial charge in [-0.3, -0.25) is 0 Å². The number of aryl methyl sites for hydroxylation is 1. The Kier molecular flexibility index (Phi) is 7.19. The van der Waals surface area contributed by atoms with Crippen LogP contribution in [0.2, 0.25) is 0 Å². The number of methoxy groups -OCH3 is 3. The van der Waals surface area contributed by atoms with Gasteiger partial charge in [-0.15, -0.1) is 0 Å². The fraction of sp³-hybridized carbons (Fsp3) is 0.348. The third kappa shape index (κ3) is 4.46. The van der Waals surface area contributed by atoms with Crippen LogP contribution in [0.25, 0.3) is 11.0 Å². The van der Waals surface area contributed by atoms with Crippen LogP contribution in [0.15, 0.2) is 24.4 Å². The number of anilines is 2. The van der Waals surface area contributed by atoms with Gasteiger partial charge in [0.05, 0.1) is 45.9 Å². The molecule has 0 atom stereocenters. The Morgan fingerprint density at radius 3 is 2.22 bits per heavy atom. The number of carbonyl (C=O) groups excluding carboxylic acids is 1. The summed E-state index contributed by atoms with van der Waals surface area (Å²) < 4.78 is 27.2. The molecule has 0 saturated carbocycles. The minimum atomic E-state index is -0.504. The highest BCUT2D eigenvalue weighted by molar-refractivity contribution is 6.05. The second-order valence-electron chi connectivity index (χ2n) is 6.68. The Hall–Kier alpha value is -3.75. The summed E-state index contributed by atoms with van der Waals surface area (Å²) in [7, 11) is 4.61. The number of pyridine rings is 2. The number of hydrogen-bond acceptors (Lipinski definition) is 9. The molecule has 9 nitrogen and oxygen atoms in total. The second-order valence-corrected chi connectivity index (χ2v) is 6.68. The second kappa shape index (κ2) is 10.0. The highest BCUT2D eigenvalue weighted by Crippen LogP contribution is 2.42. The van der Waals surface area contributed by atoms with E-state index in [2.05, 4.69) is 15.3 Å². The lowest BCUT2D eigenvalue weighted by Crippen LogP contribution is -2.10. The summed E-state index contributed by atoms with van der Waals surface area (Å²) in [6.45, 7) is 6.20. The quantitative estimate of drug-likeness (QED) is 0.487. The van der Waals surface area contributed by atoms with Gasteiger partial charge in [0.15, 0.2) is 17.1 Å². The van der Waals surface area contributed by atoms with Crippen molar-refractivity contribution in [3.05, 3.63) is 35.7 Å². The van der Waals surface area contributed by atoms with Gasteiger partial charge in [0.25, 0.3) is 0 Å². The maximum atomic E-state index is 12.7. The van der Waals surface area contributed by atoms with Crippen molar-refractivity contribution in [1.82, 2.24) is 9.97 Å². The largest absolute Gasteiger partial charge is 0.493 e. The van der Waals surface area contributed by atoms with E-state index in [4.69, 9.17) is 23.7 Å². The van der Waals surface area contributed by atoms with Crippen molar-refractivity contribution < 1.29 is 28.5 Å². The molecule has 0 spiro atoms. The number of fused-ring (bicyclic) bond motifs is 1. The summed E-state index contributed by atoms with van der Waals surface area (Å²) >= 11 is 0. The lowest BCUT2D eigenvalue weighted by molar-refractivity contribution is 0.0527. The van der Waals surface area contributed by atoms with Gasteiger partial charge >= 0.3 is 5.97 Å². The molecule has 3 aromatic rings. The molecule has 2 heterocycles. The number of benzene rings is 1. The van der Waals surface area contributed by atoms with Gasteiger partial charge in [-0.25, -0.2) is 14.8 Å². The molecule has 0 aliphatic carbocycles. The molecule has 0 fully saturated rings. The van der Waals surface area contributed by atoms with Gasteiger partial charge in [-0.1, -0.05) is 0 Å². The summed E-state index contributed by atoms with van der Waals surface area (Å²) in [6.07, 6.45) is 1.45. The molecular formula is C23H27N3O6. The lowest BCUT2D eigenvalue weighted by Gasteiger charge is -2.18. The molecular weight excluding hydrogens is 414 g/mol. The fourth-order valence-corrected chi connectivity index (χ4v) is 3.29. The minimum absolute atomic E-state index is 0.233. The predicted octanol–water partition coefficient (Wildman–Crippen LogP) is 4.28. The van der Waals surface area contributed by atoms with Crippen molar-refractivity contribution in [3.8, 4) is 23.0 Å². The lowest BCUT2D eigenvalue weighted by atomic mass is 10.1. The molecule has 0 aliphatic heterocycles. The molecule has 1 aromatic carbocycles. The van der Waals surface area contributed by atoms with E-state index in [1.54, 1.807) is 19.1 Å². The number of carbonyl (C=O) groups is 1. The van der Waals surface area contributed by atoms with Gasteiger partial charge in [-0.2, -0.15) is 0 Å². The zero-order valence-electron chi connectivity index (χ0n) is 19.1. The fourth-order valence-electron chi connectivity index (χ4n) is 3.29. The van der Waals surface area contributed by atoms with Crippen LogP contribution in [0.1, 0.15) is 29.9 Å². The Balaban J connectivity index is 2.23. The highest BCUT2D eigenvalue weighted by Gasteiger charge is 2.21. The molecule has 0 unspecified atom stereocenters. The van der Waals surface area contributed by atoms with Crippen LogP contribution in [0.3, 0.4) is 0 Å². The van der Waals surface area contributed by atoms with E-state index in [-0.39, 0.29) is 12.2 Å². The van der Waals surface area contributed by atoms with E-state index in [0.717, 1.165) is 0 Å². The van der Waals surface area contributed by atoms with Gasteiger partial charge in [0, 0.05) is 29.4 Å². The van der Waals surface area contributed by atoms with E-state index in [9.17, 15) is 4.79 Å². The first kappa shape index (κ1) is 22.9. The number of hydrogen-bond donors (Lipinski definition) is 1. The van der Waals surface area contributed by atoms with E-state index in [1.807, 2.05) is 19.9 Å². The van der Waals surface area contributed by atoms with Crippen molar-refractivity contribution in [2.75, 3.05) is 39.9 Å². The maximum Gasteiger partial charge on any atom is 0.341 e. The van der Waals surface area contributed by atoms with Crippen LogP contribution in [0, 0.1) is 6.92 Å². The number of rotatable bonds is 9. The van der Waals surface area contributed by atoms with Gasteiger partial charge < -0.3 is 29.0 Å². The molecule has 0 aliphatic rings. The topological polar surface area (TPSA) is 101 Å². The van der Waals surface area contributed by atoms with Crippen molar-refractivity contribution in [3.63, 3.8) is 0 Å². The standard InChI is InChI=1S/C23H27N3O6/c1-7-31-17-11-15-20(16(23(27)32-8-2)12-24-22(15)25-13(17)3)26-14-9-18(28-4)21(30-6)19(10-14)29-5/h9-12H,7-8H2,1-6H3,(H,24,25,26). The first-order valence-electron chi connectivity index (χ1n) is 10.1. The Morgan fingerprint density at radius 2 is 1.66 bits per heavy atom. The van der Waals surface area contributed by atoms with Crippen LogP contribution < -0.4 is 24.3 Å². The zero-order chi connectivity index (χ0) is 23.3. The van der Waals surface area contributed by atoms with Crippen molar-refractivity contribution in [2.45, 2.75) is 20.8 Å². The average Bonchev–Trinajstić information content (AvgIpc) is 2.79. The summed E-state index contributed by atoms with van der Waals surface area (Å²) in [6, 6.07) is 5.30. The first-order chi connectivity index (χ1) is 15.5.